The maximum atomic E-state index is 13.1. The van der Waals surface area contributed by atoms with Crippen LogP contribution in [0.4, 0.5) is 0 Å². The summed E-state index contributed by atoms with van der Waals surface area (Å²) in [6, 6.07) is 16.3. The lowest BCUT2D eigenvalue weighted by molar-refractivity contribution is 0.0681. The lowest BCUT2D eigenvalue weighted by atomic mass is 10.1. The molecule has 1 amide bonds. The van der Waals surface area contributed by atoms with Crippen LogP contribution in [-0.2, 0) is 16.4 Å². The number of rotatable bonds is 6. The lowest BCUT2D eigenvalue weighted by Gasteiger charge is -2.28. The van der Waals surface area contributed by atoms with Crippen LogP contribution in [0, 0.1) is 0 Å². The molecular weight excluding hydrogens is 350 g/mol. The van der Waals surface area contributed by atoms with E-state index in [4.69, 9.17) is 4.74 Å². The average Bonchev–Trinajstić information content (AvgIpc) is 3.00. The van der Waals surface area contributed by atoms with Crippen molar-refractivity contribution in [1.29, 1.82) is 0 Å². The molecule has 138 valence electrons. The number of nitrogens with zero attached hydrogens (tertiary/aromatic N) is 1. The van der Waals surface area contributed by atoms with E-state index in [0.29, 0.717) is 30.9 Å². The Balaban J connectivity index is 1.85. The van der Waals surface area contributed by atoms with Gasteiger partial charge in [-0.3, -0.25) is 4.79 Å². The maximum absolute atomic E-state index is 13.1. The van der Waals surface area contributed by atoms with E-state index in [1.54, 1.807) is 29.2 Å². The second-order valence-corrected chi connectivity index (χ2v) is 8.66. The van der Waals surface area contributed by atoms with Gasteiger partial charge in [-0.05, 0) is 43.2 Å². The van der Waals surface area contributed by atoms with Crippen LogP contribution >= 0.6 is 0 Å². The second kappa shape index (κ2) is 7.91. The molecule has 0 bridgehead atoms. The van der Waals surface area contributed by atoms with Gasteiger partial charge in [-0.25, -0.2) is 8.42 Å². The highest BCUT2D eigenvalue weighted by atomic mass is 32.2. The number of ether oxygens (including phenoxy) is 1. The molecule has 3 rings (SSSR count). The van der Waals surface area contributed by atoms with Crippen LogP contribution < -0.4 is 4.74 Å². The normalized spacial score (nSPS) is 18.4. The Morgan fingerprint density at radius 1 is 1.12 bits per heavy atom. The van der Waals surface area contributed by atoms with E-state index in [1.165, 1.54) is 0 Å². The Morgan fingerprint density at radius 2 is 1.81 bits per heavy atom. The molecule has 26 heavy (non-hydrogen) atoms. The first-order chi connectivity index (χ1) is 12.5. The standard InChI is InChI=1S/C20H23NO4S/c1-2-25-19-10-8-17(9-11-19)20(22)21(14-16-6-4-3-5-7-16)18-12-13-26(23,24)15-18/h3-11,18H,2,12-15H2,1H3/t18-/m1/s1. The van der Waals surface area contributed by atoms with Crippen molar-refractivity contribution in [3.05, 3.63) is 65.7 Å². The minimum atomic E-state index is -3.08. The van der Waals surface area contributed by atoms with Gasteiger partial charge in [0.2, 0.25) is 0 Å². The van der Waals surface area contributed by atoms with Gasteiger partial charge >= 0.3 is 0 Å². The van der Waals surface area contributed by atoms with Crippen molar-refractivity contribution >= 4 is 15.7 Å². The SMILES string of the molecule is CCOc1ccc(C(=O)N(Cc2ccccc2)[C@@H]2CCS(=O)(=O)C2)cc1. The summed E-state index contributed by atoms with van der Waals surface area (Å²) in [4.78, 5) is 14.8. The van der Waals surface area contributed by atoms with Crippen molar-refractivity contribution in [2.24, 2.45) is 0 Å². The van der Waals surface area contributed by atoms with Gasteiger partial charge in [0.05, 0.1) is 18.1 Å². The van der Waals surface area contributed by atoms with Gasteiger partial charge in [-0.2, -0.15) is 0 Å². The monoisotopic (exact) mass is 373 g/mol. The molecule has 2 aromatic carbocycles. The van der Waals surface area contributed by atoms with Crippen LogP contribution in [0.15, 0.2) is 54.6 Å². The Bertz CT molecular complexity index is 847. The molecule has 1 atom stereocenters. The molecule has 0 radical (unpaired) electrons. The van der Waals surface area contributed by atoms with E-state index in [2.05, 4.69) is 0 Å². The minimum absolute atomic E-state index is 0.0304. The quantitative estimate of drug-likeness (QED) is 0.781. The number of hydrogen-bond donors (Lipinski definition) is 0. The molecule has 2 aromatic rings. The number of benzene rings is 2. The van der Waals surface area contributed by atoms with Crippen molar-refractivity contribution < 1.29 is 17.9 Å². The van der Waals surface area contributed by atoms with E-state index in [9.17, 15) is 13.2 Å². The zero-order valence-corrected chi connectivity index (χ0v) is 15.6. The van der Waals surface area contributed by atoms with Crippen LogP contribution in [0.5, 0.6) is 5.75 Å². The topological polar surface area (TPSA) is 63.7 Å². The van der Waals surface area contributed by atoms with E-state index in [-0.39, 0.29) is 23.5 Å². The van der Waals surface area contributed by atoms with Crippen molar-refractivity contribution in [3.8, 4) is 5.75 Å². The van der Waals surface area contributed by atoms with Crippen molar-refractivity contribution in [3.63, 3.8) is 0 Å². The summed E-state index contributed by atoms with van der Waals surface area (Å²) in [6.45, 7) is 2.86. The first kappa shape index (κ1) is 18.5. The Morgan fingerprint density at radius 3 is 2.38 bits per heavy atom. The predicted molar refractivity (Wildman–Crippen MR) is 101 cm³/mol. The van der Waals surface area contributed by atoms with Gasteiger partial charge in [0.15, 0.2) is 9.84 Å². The molecule has 0 unspecified atom stereocenters. The third-order valence-electron chi connectivity index (χ3n) is 4.52. The van der Waals surface area contributed by atoms with Crippen LogP contribution in [0.25, 0.3) is 0 Å². The maximum Gasteiger partial charge on any atom is 0.254 e. The fourth-order valence-electron chi connectivity index (χ4n) is 3.19. The van der Waals surface area contributed by atoms with Gasteiger partial charge in [0, 0.05) is 18.2 Å². The highest BCUT2D eigenvalue weighted by molar-refractivity contribution is 7.91. The number of hydrogen-bond acceptors (Lipinski definition) is 4. The molecule has 1 aliphatic heterocycles. The fraction of sp³-hybridized carbons (Fsp3) is 0.350. The lowest BCUT2D eigenvalue weighted by Crippen LogP contribution is -2.40. The summed E-state index contributed by atoms with van der Waals surface area (Å²) in [5, 5.41) is 0. The van der Waals surface area contributed by atoms with Crippen molar-refractivity contribution in [2.45, 2.75) is 25.9 Å². The Hall–Kier alpha value is -2.34. The second-order valence-electron chi connectivity index (χ2n) is 6.43. The number of carbonyl (C=O) groups is 1. The molecule has 0 spiro atoms. The molecule has 1 heterocycles. The summed E-state index contributed by atoms with van der Waals surface area (Å²) in [5.74, 6) is 0.725. The Labute approximate surface area is 154 Å². The molecule has 0 aromatic heterocycles. The smallest absolute Gasteiger partial charge is 0.254 e. The van der Waals surface area contributed by atoms with Gasteiger partial charge in [0.1, 0.15) is 5.75 Å². The summed E-state index contributed by atoms with van der Waals surface area (Å²) < 4.78 is 29.3. The highest BCUT2D eigenvalue weighted by Gasteiger charge is 2.35. The van der Waals surface area contributed by atoms with Crippen LogP contribution in [0.2, 0.25) is 0 Å². The summed E-state index contributed by atoms with van der Waals surface area (Å²) in [5.41, 5.74) is 1.52. The summed E-state index contributed by atoms with van der Waals surface area (Å²) in [7, 11) is -3.08. The van der Waals surface area contributed by atoms with E-state index < -0.39 is 9.84 Å². The zero-order valence-electron chi connectivity index (χ0n) is 14.8. The first-order valence-corrected chi connectivity index (χ1v) is 10.6. The van der Waals surface area contributed by atoms with E-state index in [0.717, 1.165) is 5.56 Å². The molecular formula is C20H23NO4S. The summed E-state index contributed by atoms with van der Waals surface area (Å²) in [6.07, 6.45) is 0.484. The van der Waals surface area contributed by atoms with Gasteiger partial charge in [-0.1, -0.05) is 30.3 Å². The average molecular weight is 373 g/mol. The fourth-order valence-corrected chi connectivity index (χ4v) is 4.92. The van der Waals surface area contributed by atoms with E-state index >= 15 is 0 Å². The number of sulfone groups is 1. The largest absolute Gasteiger partial charge is 0.494 e. The van der Waals surface area contributed by atoms with Crippen molar-refractivity contribution in [2.75, 3.05) is 18.1 Å². The molecule has 0 saturated carbocycles. The molecule has 6 heteroatoms. The van der Waals surface area contributed by atoms with Crippen molar-refractivity contribution in [1.82, 2.24) is 4.90 Å². The molecule has 0 N–H and O–H groups in total. The molecule has 1 aliphatic rings. The highest BCUT2D eigenvalue weighted by Crippen LogP contribution is 2.23. The predicted octanol–water partition coefficient (Wildman–Crippen LogP) is 2.91. The minimum Gasteiger partial charge on any atom is -0.494 e. The van der Waals surface area contributed by atoms with Crippen LogP contribution in [-0.4, -0.2) is 43.4 Å². The Kier molecular flexibility index (Phi) is 5.61. The number of carbonyl (C=O) groups excluding carboxylic acids is 1. The number of amides is 1. The first-order valence-electron chi connectivity index (χ1n) is 8.76. The van der Waals surface area contributed by atoms with Gasteiger partial charge < -0.3 is 9.64 Å². The van der Waals surface area contributed by atoms with Crippen LogP contribution in [0.3, 0.4) is 0 Å². The molecule has 1 fully saturated rings. The van der Waals surface area contributed by atoms with E-state index in [1.807, 2.05) is 37.3 Å². The molecule has 5 nitrogen and oxygen atoms in total. The third kappa shape index (κ3) is 4.43. The summed E-state index contributed by atoms with van der Waals surface area (Å²) >= 11 is 0. The van der Waals surface area contributed by atoms with Gasteiger partial charge in [0.25, 0.3) is 5.91 Å². The third-order valence-corrected chi connectivity index (χ3v) is 6.27. The molecule has 0 aliphatic carbocycles. The zero-order chi connectivity index (χ0) is 18.6. The van der Waals surface area contributed by atoms with Crippen LogP contribution in [0.1, 0.15) is 29.3 Å². The van der Waals surface area contributed by atoms with Gasteiger partial charge in [-0.15, -0.1) is 0 Å². The molecule has 1 saturated heterocycles.